The van der Waals surface area contributed by atoms with Gasteiger partial charge in [0.05, 0.1) is 13.2 Å². The average Bonchev–Trinajstić information content (AvgIpc) is 2.91. The van der Waals surface area contributed by atoms with Gasteiger partial charge in [0.1, 0.15) is 12.2 Å². The standard InChI is InChI=1S/C8H10O4/c9-5(7-3-11-7)1-2-6(10)8-4-12-8/h7-8H,1-4H2. The van der Waals surface area contributed by atoms with Crippen molar-refractivity contribution < 1.29 is 19.1 Å². The highest BCUT2D eigenvalue weighted by Gasteiger charge is 2.34. The molecular weight excluding hydrogens is 160 g/mol. The minimum absolute atomic E-state index is 0.0454. The van der Waals surface area contributed by atoms with E-state index in [1.165, 1.54) is 0 Å². The summed E-state index contributed by atoms with van der Waals surface area (Å²) in [6, 6.07) is 0. The number of hydrogen-bond acceptors (Lipinski definition) is 4. The van der Waals surface area contributed by atoms with Crippen molar-refractivity contribution in [3.63, 3.8) is 0 Å². The van der Waals surface area contributed by atoms with Crippen LogP contribution in [0.25, 0.3) is 0 Å². The first-order valence-electron chi connectivity index (χ1n) is 4.06. The Kier molecular flexibility index (Phi) is 1.94. The van der Waals surface area contributed by atoms with Gasteiger partial charge in [-0.15, -0.1) is 0 Å². The van der Waals surface area contributed by atoms with Crippen LogP contribution in [0.3, 0.4) is 0 Å². The maximum atomic E-state index is 11.0. The number of ketones is 2. The number of epoxide rings is 2. The second kappa shape index (κ2) is 2.95. The first kappa shape index (κ1) is 7.89. The number of hydrogen-bond donors (Lipinski definition) is 0. The first-order chi connectivity index (χ1) is 5.77. The third-order valence-electron chi connectivity index (χ3n) is 2.00. The zero-order valence-corrected chi connectivity index (χ0v) is 6.62. The lowest BCUT2D eigenvalue weighted by molar-refractivity contribution is -0.125. The van der Waals surface area contributed by atoms with E-state index in [9.17, 15) is 9.59 Å². The van der Waals surface area contributed by atoms with Gasteiger partial charge < -0.3 is 9.47 Å². The zero-order chi connectivity index (χ0) is 8.55. The van der Waals surface area contributed by atoms with Gasteiger partial charge in [-0.05, 0) is 0 Å². The van der Waals surface area contributed by atoms with Crippen molar-refractivity contribution in [2.24, 2.45) is 0 Å². The molecule has 0 amide bonds. The van der Waals surface area contributed by atoms with Crippen LogP contribution < -0.4 is 0 Å². The Morgan fingerprint density at radius 2 is 1.33 bits per heavy atom. The van der Waals surface area contributed by atoms with E-state index < -0.39 is 0 Å². The molecule has 2 aliphatic rings. The quantitative estimate of drug-likeness (QED) is 0.531. The molecule has 2 aliphatic heterocycles. The molecule has 0 spiro atoms. The largest absolute Gasteiger partial charge is 0.365 e. The van der Waals surface area contributed by atoms with Crippen molar-refractivity contribution in [2.45, 2.75) is 25.0 Å². The van der Waals surface area contributed by atoms with Gasteiger partial charge in [-0.25, -0.2) is 0 Å². The molecule has 0 aromatic carbocycles. The number of carbonyl (C=O) groups is 2. The summed E-state index contributed by atoms with van der Waals surface area (Å²) in [5.74, 6) is 0.0907. The molecular formula is C8H10O4. The van der Waals surface area contributed by atoms with Gasteiger partial charge in [0.2, 0.25) is 0 Å². The SMILES string of the molecule is O=C(CCC(=O)C1CO1)C1CO1. The highest BCUT2D eigenvalue weighted by atomic mass is 16.6. The molecule has 0 bridgehead atoms. The Hall–Kier alpha value is -0.740. The van der Waals surface area contributed by atoms with Crippen molar-refractivity contribution in [1.82, 2.24) is 0 Å². The Morgan fingerprint density at radius 3 is 1.58 bits per heavy atom. The van der Waals surface area contributed by atoms with E-state index in [4.69, 9.17) is 9.47 Å². The molecule has 4 nitrogen and oxygen atoms in total. The number of carbonyl (C=O) groups excluding carboxylic acids is 2. The monoisotopic (exact) mass is 170 g/mol. The molecule has 2 fully saturated rings. The van der Waals surface area contributed by atoms with Gasteiger partial charge in [-0.1, -0.05) is 0 Å². The Bertz CT molecular complexity index is 191. The zero-order valence-electron chi connectivity index (χ0n) is 6.62. The lowest BCUT2D eigenvalue weighted by Crippen LogP contribution is -2.12. The molecule has 0 saturated carbocycles. The van der Waals surface area contributed by atoms with Gasteiger partial charge in [-0.2, -0.15) is 0 Å². The van der Waals surface area contributed by atoms with Crippen molar-refractivity contribution in [3.8, 4) is 0 Å². The van der Waals surface area contributed by atoms with E-state index in [0.29, 0.717) is 26.1 Å². The van der Waals surface area contributed by atoms with Crippen LogP contribution in [0.2, 0.25) is 0 Å². The summed E-state index contributed by atoms with van der Waals surface area (Å²) in [4.78, 5) is 22.1. The van der Waals surface area contributed by atoms with Crippen molar-refractivity contribution >= 4 is 11.6 Å². The summed E-state index contributed by atoms with van der Waals surface area (Å²) >= 11 is 0. The number of ether oxygens (including phenoxy) is 2. The van der Waals surface area contributed by atoms with Crippen LogP contribution in [-0.4, -0.2) is 37.0 Å². The van der Waals surface area contributed by atoms with Gasteiger partial charge in [0.15, 0.2) is 11.6 Å². The molecule has 4 heteroatoms. The van der Waals surface area contributed by atoms with Gasteiger partial charge in [0.25, 0.3) is 0 Å². The van der Waals surface area contributed by atoms with Gasteiger partial charge in [-0.3, -0.25) is 9.59 Å². The molecule has 12 heavy (non-hydrogen) atoms. The lowest BCUT2D eigenvalue weighted by Gasteiger charge is -1.94. The molecule has 0 radical (unpaired) electrons. The summed E-state index contributed by atoms with van der Waals surface area (Å²) in [6.07, 6.45) is 0.197. The van der Waals surface area contributed by atoms with Crippen molar-refractivity contribution in [3.05, 3.63) is 0 Å². The van der Waals surface area contributed by atoms with E-state index in [1.807, 2.05) is 0 Å². The fraction of sp³-hybridized carbons (Fsp3) is 0.750. The predicted octanol–water partition coefficient (Wildman–Crippen LogP) is -0.298. The smallest absolute Gasteiger partial charge is 0.164 e. The third-order valence-corrected chi connectivity index (χ3v) is 2.00. The molecule has 0 aliphatic carbocycles. The van der Waals surface area contributed by atoms with Crippen LogP contribution >= 0.6 is 0 Å². The molecule has 2 atom stereocenters. The summed E-state index contributed by atoms with van der Waals surface area (Å²) in [5, 5.41) is 0. The van der Waals surface area contributed by atoms with Gasteiger partial charge in [0, 0.05) is 12.8 Å². The fourth-order valence-electron chi connectivity index (χ4n) is 1.04. The van der Waals surface area contributed by atoms with Crippen LogP contribution in [0.5, 0.6) is 0 Å². The molecule has 66 valence electrons. The maximum Gasteiger partial charge on any atom is 0.164 e. The average molecular weight is 170 g/mol. The fourth-order valence-corrected chi connectivity index (χ4v) is 1.04. The van der Waals surface area contributed by atoms with Crippen LogP contribution in [0, 0.1) is 0 Å². The lowest BCUT2D eigenvalue weighted by atomic mass is 10.1. The van der Waals surface area contributed by atoms with Crippen LogP contribution in [0.15, 0.2) is 0 Å². The van der Waals surface area contributed by atoms with Crippen molar-refractivity contribution in [2.75, 3.05) is 13.2 Å². The van der Waals surface area contributed by atoms with Crippen LogP contribution in [-0.2, 0) is 19.1 Å². The number of rotatable bonds is 5. The molecule has 2 heterocycles. The third kappa shape index (κ3) is 1.89. The molecule has 0 aromatic rings. The second-order valence-electron chi connectivity index (χ2n) is 3.08. The topological polar surface area (TPSA) is 59.2 Å². The Labute approximate surface area is 69.8 Å². The first-order valence-corrected chi connectivity index (χ1v) is 4.06. The minimum atomic E-state index is -0.210. The van der Waals surface area contributed by atoms with Crippen LogP contribution in [0.4, 0.5) is 0 Å². The van der Waals surface area contributed by atoms with Crippen LogP contribution in [0.1, 0.15) is 12.8 Å². The second-order valence-corrected chi connectivity index (χ2v) is 3.08. The van der Waals surface area contributed by atoms with Crippen molar-refractivity contribution in [1.29, 1.82) is 0 Å². The Balaban J connectivity index is 1.66. The minimum Gasteiger partial charge on any atom is -0.365 e. The molecule has 0 N–H and O–H groups in total. The molecule has 2 saturated heterocycles. The summed E-state index contributed by atoms with van der Waals surface area (Å²) in [5.41, 5.74) is 0. The molecule has 2 rings (SSSR count). The molecule has 2 unspecified atom stereocenters. The Morgan fingerprint density at radius 1 is 1.00 bits per heavy atom. The summed E-state index contributed by atoms with van der Waals surface area (Å²) < 4.78 is 9.57. The maximum absolute atomic E-state index is 11.0. The van der Waals surface area contributed by atoms with E-state index in [2.05, 4.69) is 0 Å². The normalized spacial score (nSPS) is 31.3. The van der Waals surface area contributed by atoms with Gasteiger partial charge >= 0.3 is 0 Å². The number of Topliss-reactive ketones (excluding diaryl/α,β-unsaturated/α-hetero) is 2. The van der Waals surface area contributed by atoms with E-state index in [-0.39, 0.29) is 23.8 Å². The van der Waals surface area contributed by atoms with E-state index in [1.54, 1.807) is 0 Å². The summed E-state index contributed by atoms with van der Waals surface area (Å²) in [6.45, 7) is 1.07. The summed E-state index contributed by atoms with van der Waals surface area (Å²) in [7, 11) is 0. The van der Waals surface area contributed by atoms with E-state index in [0.717, 1.165) is 0 Å². The predicted molar refractivity (Wildman–Crippen MR) is 38.7 cm³/mol. The molecule has 0 aromatic heterocycles. The van der Waals surface area contributed by atoms with E-state index >= 15 is 0 Å². The highest BCUT2D eigenvalue weighted by molar-refractivity contribution is 5.91. The highest BCUT2D eigenvalue weighted by Crippen LogP contribution is 2.16.